The molecule has 1 aliphatic heterocycles. The Hall–Kier alpha value is -1.60. The molecule has 7 heteroatoms. The van der Waals surface area contributed by atoms with E-state index in [1.807, 2.05) is 20.8 Å². The molecule has 0 radical (unpaired) electrons. The molecule has 0 unspecified atom stereocenters. The van der Waals surface area contributed by atoms with Crippen molar-refractivity contribution >= 4 is 15.9 Å². The highest BCUT2D eigenvalue weighted by Gasteiger charge is 2.34. The fourth-order valence-corrected chi connectivity index (χ4v) is 4.70. The Morgan fingerprint density at radius 3 is 2.40 bits per heavy atom. The van der Waals surface area contributed by atoms with Gasteiger partial charge in [0.1, 0.15) is 5.75 Å². The quantitative estimate of drug-likeness (QED) is 0.741. The van der Waals surface area contributed by atoms with Crippen LogP contribution in [0.25, 0.3) is 0 Å². The average molecular weight is 368 g/mol. The molecule has 2 rings (SSSR count). The number of piperidine rings is 1. The predicted molar refractivity (Wildman–Crippen MR) is 97.0 cm³/mol. The molecule has 1 fully saturated rings. The van der Waals surface area contributed by atoms with Crippen LogP contribution in [0.1, 0.15) is 33.6 Å². The SMILES string of the molecule is CCOc1ccc(S(=O)(=O)N2CCC[C@H](C(=O)N(CC)CC)C2)cc1. The molecule has 0 aromatic heterocycles. The number of benzene rings is 1. The first-order valence-corrected chi connectivity index (χ1v) is 10.4. The third kappa shape index (κ3) is 4.52. The monoisotopic (exact) mass is 368 g/mol. The van der Waals surface area contributed by atoms with Gasteiger partial charge in [0.15, 0.2) is 0 Å². The van der Waals surface area contributed by atoms with Gasteiger partial charge in [-0.25, -0.2) is 8.42 Å². The topological polar surface area (TPSA) is 66.9 Å². The second kappa shape index (κ2) is 8.67. The van der Waals surface area contributed by atoms with Gasteiger partial charge in [-0.2, -0.15) is 4.31 Å². The molecule has 1 amide bonds. The molecule has 6 nitrogen and oxygen atoms in total. The molecule has 1 atom stereocenters. The van der Waals surface area contributed by atoms with Crippen molar-refractivity contribution in [2.24, 2.45) is 5.92 Å². The predicted octanol–water partition coefficient (Wildman–Crippen LogP) is 2.35. The Morgan fingerprint density at radius 1 is 1.20 bits per heavy atom. The van der Waals surface area contributed by atoms with E-state index in [2.05, 4.69) is 0 Å². The van der Waals surface area contributed by atoms with Gasteiger partial charge in [0.2, 0.25) is 15.9 Å². The van der Waals surface area contributed by atoms with E-state index in [0.29, 0.717) is 38.4 Å². The summed E-state index contributed by atoms with van der Waals surface area (Å²) in [6.07, 6.45) is 1.44. The maximum Gasteiger partial charge on any atom is 0.243 e. The maximum absolute atomic E-state index is 12.9. The lowest BCUT2D eigenvalue weighted by Gasteiger charge is -2.33. The molecule has 140 valence electrons. The van der Waals surface area contributed by atoms with Gasteiger partial charge in [0.25, 0.3) is 0 Å². The van der Waals surface area contributed by atoms with Crippen LogP contribution in [-0.2, 0) is 14.8 Å². The fraction of sp³-hybridized carbons (Fsp3) is 0.611. The largest absolute Gasteiger partial charge is 0.494 e. The number of carbonyl (C=O) groups excluding carboxylic acids is 1. The lowest BCUT2D eigenvalue weighted by molar-refractivity contribution is -0.136. The van der Waals surface area contributed by atoms with Crippen molar-refractivity contribution in [3.05, 3.63) is 24.3 Å². The third-order valence-corrected chi connectivity index (χ3v) is 6.46. The number of carbonyl (C=O) groups is 1. The number of hydrogen-bond donors (Lipinski definition) is 0. The van der Waals surface area contributed by atoms with Crippen molar-refractivity contribution in [1.82, 2.24) is 9.21 Å². The zero-order valence-electron chi connectivity index (χ0n) is 15.3. The van der Waals surface area contributed by atoms with Gasteiger partial charge in [0.05, 0.1) is 17.4 Å². The lowest BCUT2D eigenvalue weighted by Crippen LogP contribution is -2.46. The summed E-state index contributed by atoms with van der Waals surface area (Å²) in [7, 11) is -3.59. The molecule has 0 spiro atoms. The Morgan fingerprint density at radius 2 is 1.84 bits per heavy atom. The normalized spacial score (nSPS) is 18.8. The number of nitrogens with zero attached hydrogens (tertiary/aromatic N) is 2. The first-order chi connectivity index (χ1) is 11.9. The number of sulfonamides is 1. The molecule has 1 aliphatic rings. The molecule has 1 saturated heterocycles. The van der Waals surface area contributed by atoms with E-state index in [-0.39, 0.29) is 23.3 Å². The first kappa shape index (κ1) is 19.7. The fourth-order valence-electron chi connectivity index (χ4n) is 3.18. The van der Waals surface area contributed by atoms with E-state index < -0.39 is 10.0 Å². The van der Waals surface area contributed by atoms with E-state index in [1.54, 1.807) is 29.2 Å². The maximum atomic E-state index is 12.9. The highest BCUT2D eigenvalue weighted by molar-refractivity contribution is 7.89. The van der Waals surface area contributed by atoms with Crippen LogP contribution >= 0.6 is 0 Å². The summed E-state index contributed by atoms with van der Waals surface area (Å²) in [6, 6.07) is 6.46. The van der Waals surface area contributed by atoms with Gasteiger partial charge in [-0.15, -0.1) is 0 Å². The Bertz CT molecular complexity index is 669. The molecule has 0 N–H and O–H groups in total. The van der Waals surface area contributed by atoms with Gasteiger partial charge in [0, 0.05) is 26.2 Å². The summed E-state index contributed by atoms with van der Waals surface area (Å²) in [6.45, 7) is 8.31. The van der Waals surface area contributed by atoms with Crippen molar-refractivity contribution in [3.8, 4) is 5.75 Å². The highest BCUT2D eigenvalue weighted by Crippen LogP contribution is 2.26. The van der Waals surface area contributed by atoms with Crippen LogP contribution in [0.4, 0.5) is 0 Å². The minimum atomic E-state index is -3.59. The van der Waals surface area contributed by atoms with Crippen LogP contribution in [0.15, 0.2) is 29.2 Å². The van der Waals surface area contributed by atoms with Crippen LogP contribution in [-0.4, -0.2) is 56.3 Å². The summed E-state index contributed by atoms with van der Waals surface area (Å²) in [5.41, 5.74) is 0. The first-order valence-electron chi connectivity index (χ1n) is 8.95. The molecule has 25 heavy (non-hydrogen) atoms. The Labute approximate surface area is 150 Å². The van der Waals surface area contributed by atoms with Crippen molar-refractivity contribution in [2.45, 2.75) is 38.5 Å². The van der Waals surface area contributed by atoms with Crippen LogP contribution in [0.2, 0.25) is 0 Å². The van der Waals surface area contributed by atoms with Gasteiger partial charge < -0.3 is 9.64 Å². The second-order valence-electron chi connectivity index (χ2n) is 6.12. The summed E-state index contributed by atoms with van der Waals surface area (Å²) < 4.78 is 32.6. The molecule has 0 saturated carbocycles. The van der Waals surface area contributed by atoms with Crippen molar-refractivity contribution in [3.63, 3.8) is 0 Å². The molecule has 0 bridgehead atoms. The molecule has 1 aromatic rings. The minimum Gasteiger partial charge on any atom is -0.494 e. The number of ether oxygens (including phenoxy) is 1. The molecular formula is C18H28N2O4S. The summed E-state index contributed by atoms with van der Waals surface area (Å²) >= 11 is 0. The highest BCUT2D eigenvalue weighted by atomic mass is 32.2. The van der Waals surface area contributed by atoms with Crippen LogP contribution in [0.3, 0.4) is 0 Å². The number of amides is 1. The van der Waals surface area contributed by atoms with E-state index in [0.717, 1.165) is 6.42 Å². The third-order valence-electron chi connectivity index (χ3n) is 4.58. The summed E-state index contributed by atoms with van der Waals surface area (Å²) in [5, 5.41) is 0. The van der Waals surface area contributed by atoms with Gasteiger partial charge >= 0.3 is 0 Å². The Balaban J connectivity index is 2.14. The van der Waals surface area contributed by atoms with E-state index in [4.69, 9.17) is 4.74 Å². The average Bonchev–Trinajstić information content (AvgIpc) is 2.63. The second-order valence-corrected chi connectivity index (χ2v) is 8.06. The van der Waals surface area contributed by atoms with Crippen molar-refractivity contribution < 1.29 is 17.9 Å². The zero-order chi connectivity index (χ0) is 18.4. The Kier molecular flexibility index (Phi) is 6.84. The van der Waals surface area contributed by atoms with E-state index >= 15 is 0 Å². The summed E-state index contributed by atoms with van der Waals surface area (Å²) in [4.78, 5) is 14.6. The standard InChI is InChI=1S/C18H28N2O4S/c1-4-19(5-2)18(21)15-8-7-13-20(14-15)25(22,23)17-11-9-16(10-12-17)24-6-3/h9-12,15H,4-8,13-14H2,1-3H3/t15-/m0/s1. The van der Waals surface area contributed by atoms with E-state index in [9.17, 15) is 13.2 Å². The lowest BCUT2D eigenvalue weighted by atomic mass is 9.98. The molecule has 1 heterocycles. The molecular weight excluding hydrogens is 340 g/mol. The van der Waals surface area contributed by atoms with Crippen molar-refractivity contribution in [2.75, 3.05) is 32.8 Å². The van der Waals surface area contributed by atoms with Gasteiger partial charge in [-0.05, 0) is 57.9 Å². The van der Waals surface area contributed by atoms with Crippen LogP contribution in [0.5, 0.6) is 5.75 Å². The minimum absolute atomic E-state index is 0.0524. The number of hydrogen-bond acceptors (Lipinski definition) is 4. The van der Waals surface area contributed by atoms with Gasteiger partial charge in [-0.3, -0.25) is 4.79 Å². The zero-order valence-corrected chi connectivity index (χ0v) is 16.1. The smallest absolute Gasteiger partial charge is 0.243 e. The molecule has 1 aromatic carbocycles. The summed E-state index contributed by atoms with van der Waals surface area (Å²) in [5.74, 6) is 0.442. The van der Waals surface area contributed by atoms with Gasteiger partial charge in [-0.1, -0.05) is 0 Å². The van der Waals surface area contributed by atoms with Crippen molar-refractivity contribution in [1.29, 1.82) is 0 Å². The number of rotatable bonds is 7. The van der Waals surface area contributed by atoms with Crippen LogP contribution < -0.4 is 4.74 Å². The molecule has 0 aliphatic carbocycles. The van der Waals surface area contributed by atoms with E-state index in [1.165, 1.54) is 4.31 Å². The van der Waals surface area contributed by atoms with Crippen LogP contribution in [0, 0.1) is 5.92 Å².